The SMILES string of the molecule is [2H]N([2H])C(=O)Cc1cccc2ccccc12. The number of primary amides is 1. The lowest BCUT2D eigenvalue weighted by atomic mass is 10.0. The van der Waals surface area contributed by atoms with Crippen LogP contribution >= 0.6 is 0 Å². The van der Waals surface area contributed by atoms with Crippen molar-refractivity contribution in [3.8, 4) is 0 Å². The van der Waals surface area contributed by atoms with Crippen LogP contribution in [0.5, 0.6) is 0 Å². The minimum absolute atomic E-state index is 0.0916. The number of nitrogens with two attached hydrogens (primary N) is 1. The van der Waals surface area contributed by atoms with Gasteiger partial charge in [-0.05, 0) is 16.3 Å². The van der Waals surface area contributed by atoms with Gasteiger partial charge in [0.1, 0.15) is 0 Å². The molecule has 0 saturated heterocycles. The minimum Gasteiger partial charge on any atom is -0.369 e. The number of carbonyl (C=O) groups is 1. The zero-order valence-electron chi connectivity index (χ0n) is 9.60. The van der Waals surface area contributed by atoms with Crippen molar-refractivity contribution in [2.45, 2.75) is 6.42 Å². The van der Waals surface area contributed by atoms with Gasteiger partial charge in [0.2, 0.25) is 5.91 Å². The van der Waals surface area contributed by atoms with E-state index in [2.05, 4.69) is 0 Å². The third-order valence-electron chi connectivity index (χ3n) is 2.22. The van der Waals surface area contributed by atoms with Gasteiger partial charge in [-0.25, -0.2) is 0 Å². The third-order valence-corrected chi connectivity index (χ3v) is 2.22. The molecule has 0 saturated carbocycles. The highest BCUT2D eigenvalue weighted by atomic mass is 16.1. The monoisotopic (exact) mass is 187 g/mol. The molecule has 0 spiro atoms. The maximum Gasteiger partial charge on any atom is 0.221 e. The molecule has 1 amide bonds. The first-order valence-electron chi connectivity index (χ1n) is 5.35. The summed E-state index contributed by atoms with van der Waals surface area (Å²) in [6, 6.07) is 13.5. The molecule has 2 aromatic carbocycles. The molecule has 0 aromatic heterocycles. The fourth-order valence-electron chi connectivity index (χ4n) is 1.61. The predicted molar refractivity (Wildman–Crippen MR) is 56.8 cm³/mol. The Hall–Kier alpha value is -1.83. The Balaban J connectivity index is 2.41. The molecule has 2 aromatic rings. The topological polar surface area (TPSA) is 43.1 Å². The van der Waals surface area contributed by atoms with Gasteiger partial charge >= 0.3 is 0 Å². The molecule has 2 rings (SSSR count). The molecule has 2 N–H and O–H groups in total. The first kappa shape index (κ1) is 6.60. The highest BCUT2D eigenvalue weighted by Crippen LogP contribution is 2.18. The highest BCUT2D eigenvalue weighted by Gasteiger charge is 2.02. The Labute approximate surface area is 85.3 Å². The van der Waals surface area contributed by atoms with Crippen molar-refractivity contribution in [2.24, 2.45) is 5.72 Å². The molecular weight excluding hydrogens is 174 g/mol. The van der Waals surface area contributed by atoms with Gasteiger partial charge in [-0.15, -0.1) is 0 Å². The summed E-state index contributed by atoms with van der Waals surface area (Å²) in [7, 11) is 0. The van der Waals surface area contributed by atoms with Crippen molar-refractivity contribution in [3.05, 3.63) is 48.0 Å². The molecule has 0 aliphatic heterocycles. The van der Waals surface area contributed by atoms with Crippen molar-refractivity contribution in [3.63, 3.8) is 0 Å². The molecule has 0 atom stereocenters. The highest BCUT2D eigenvalue weighted by molar-refractivity contribution is 5.89. The summed E-state index contributed by atoms with van der Waals surface area (Å²) in [5.74, 6) is -0.531. The quantitative estimate of drug-likeness (QED) is 0.766. The molecule has 2 nitrogen and oxygen atoms in total. The van der Waals surface area contributed by atoms with Crippen LogP contribution in [0, 0.1) is 0 Å². The fraction of sp³-hybridized carbons (Fsp3) is 0.0833. The molecule has 14 heavy (non-hydrogen) atoms. The van der Waals surface area contributed by atoms with Crippen LogP contribution in [0.1, 0.15) is 5.56 Å². The molecule has 70 valence electrons. The molecular formula is C12H11NO. The van der Waals surface area contributed by atoms with Crippen LogP contribution in [-0.4, -0.2) is 5.91 Å². The first-order valence-corrected chi connectivity index (χ1v) is 4.46. The van der Waals surface area contributed by atoms with E-state index in [1.807, 2.05) is 42.5 Å². The smallest absolute Gasteiger partial charge is 0.221 e. The summed E-state index contributed by atoms with van der Waals surface area (Å²) in [5, 5.41) is 2.06. The number of hydrogen-bond acceptors (Lipinski definition) is 1. The van der Waals surface area contributed by atoms with Crippen molar-refractivity contribution in [1.82, 2.24) is 0 Å². The van der Waals surface area contributed by atoms with Crippen LogP contribution in [0.3, 0.4) is 0 Å². The van der Waals surface area contributed by atoms with Crippen molar-refractivity contribution < 1.29 is 7.62 Å². The van der Waals surface area contributed by atoms with Gasteiger partial charge in [0, 0.05) is 0 Å². The van der Waals surface area contributed by atoms with E-state index in [-0.39, 0.29) is 12.1 Å². The van der Waals surface area contributed by atoms with E-state index in [1.54, 1.807) is 0 Å². The maximum atomic E-state index is 11.3. The zero-order valence-corrected chi connectivity index (χ0v) is 7.60. The fourth-order valence-corrected chi connectivity index (χ4v) is 1.61. The van der Waals surface area contributed by atoms with Crippen LogP contribution in [0.25, 0.3) is 10.8 Å². The summed E-state index contributed by atoms with van der Waals surface area (Å²) in [4.78, 5) is 11.3. The second-order valence-corrected chi connectivity index (χ2v) is 3.21. The lowest BCUT2D eigenvalue weighted by Gasteiger charge is -2.03. The number of rotatable bonds is 2. The predicted octanol–water partition coefficient (Wildman–Crippen LogP) is 1.87. The van der Waals surface area contributed by atoms with E-state index in [9.17, 15) is 4.79 Å². The molecule has 0 unspecified atom stereocenters. The Morgan fingerprint density at radius 2 is 2.00 bits per heavy atom. The second-order valence-electron chi connectivity index (χ2n) is 3.21. The average molecular weight is 187 g/mol. The van der Waals surface area contributed by atoms with E-state index in [0.29, 0.717) is 0 Å². The van der Waals surface area contributed by atoms with Gasteiger partial charge in [-0.2, -0.15) is 0 Å². The van der Waals surface area contributed by atoms with E-state index >= 15 is 0 Å². The second kappa shape index (κ2) is 3.50. The van der Waals surface area contributed by atoms with Gasteiger partial charge in [0.15, 0.2) is 2.82 Å². The van der Waals surface area contributed by atoms with Crippen LogP contribution in [0.15, 0.2) is 42.5 Å². The molecule has 0 heterocycles. The number of benzene rings is 2. The summed E-state index contributed by atoms with van der Waals surface area (Å²) >= 11 is 0. The molecule has 0 aliphatic rings. The molecule has 0 fully saturated rings. The van der Waals surface area contributed by atoms with Crippen LogP contribution in [0.4, 0.5) is 0 Å². The molecule has 0 bridgehead atoms. The number of hydrogen-bond donors (Lipinski definition) is 1. The van der Waals surface area contributed by atoms with Gasteiger partial charge in [0.25, 0.3) is 0 Å². The van der Waals surface area contributed by atoms with Crippen molar-refractivity contribution >= 4 is 16.7 Å². The van der Waals surface area contributed by atoms with E-state index in [0.717, 1.165) is 16.3 Å². The Kier molecular flexibility index (Phi) is 1.65. The number of amides is 1. The summed E-state index contributed by atoms with van der Waals surface area (Å²) in [6.07, 6.45) is 0.0916. The normalized spacial score (nSPS) is 12.0. The lowest BCUT2D eigenvalue weighted by Crippen LogP contribution is -2.13. The van der Waals surface area contributed by atoms with E-state index < -0.39 is 5.91 Å². The average Bonchev–Trinajstić information content (AvgIpc) is 2.29. The number of carbonyl (C=O) groups excluding carboxylic acids is 1. The summed E-state index contributed by atoms with van der Waals surface area (Å²) in [6.45, 7) is 0. The Morgan fingerprint density at radius 3 is 2.86 bits per heavy atom. The van der Waals surface area contributed by atoms with Crippen molar-refractivity contribution in [2.75, 3.05) is 0 Å². The Bertz CT molecular complexity index is 520. The van der Waals surface area contributed by atoms with Gasteiger partial charge in [-0.3, -0.25) is 4.79 Å². The van der Waals surface area contributed by atoms with Crippen LogP contribution in [-0.2, 0) is 11.2 Å². The molecule has 0 aliphatic carbocycles. The lowest BCUT2D eigenvalue weighted by molar-refractivity contribution is -0.117. The maximum absolute atomic E-state index is 11.3. The number of fused-ring (bicyclic) bond motifs is 1. The summed E-state index contributed by atoms with van der Waals surface area (Å²) < 4.78 is 13.8. The standard InChI is InChI=1S/C12H11NO/c13-12(14)8-10-6-3-5-9-4-1-2-7-11(9)10/h1-7H,8H2,(H2,13,14)/i/hD2. The minimum atomic E-state index is -0.531. The van der Waals surface area contributed by atoms with Gasteiger partial charge < -0.3 is 5.72 Å². The van der Waals surface area contributed by atoms with E-state index in [1.165, 1.54) is 0 Å². The van der Waals surface area contributed by atoms with Crippen LogP contribution in [0.2, 0.25) is 2.82 Å². The Morgan fingerprint density at radius 1 is 1.21 bits per heavy atom. The first-order chi connectivity index (χ1) is 7.68. The zero-order chi connectivity index (χ0) is 11.5. The van der Waals surface area contributed by atoms with Gasteiger partial charge in [0.05, 0.1) is 6.42 Å². The largest absolute Gasteiger partial charge is 0.369 e. The van der Waals surface area contributed by atoms with Crippen LogP contribution < -0.4 is 5.72 Å². The van der Waals surface area contributed by atoms with E-state index in [4.69, 9.17) is 2.82 Å². The van der Waals surface area contributed by atoms with Gasteiger partial charge in [-0.1, -0.05) is 42.5 Å². The molecule has 0 radical (unpaired) electrons. The van der Waals surface area contributed by atoms with Crippen molar-refractivity contribution in [1.29, 1.82) is 0 Å². The molecule has 2 heteroatoms. The third kappa shape index (κ3) is 1.59. The summed E-state index contributed by atoms with van der Waals surface area (Å²) in [5.41, 5.74) is 0.981.